The first-order chi connectivity index (χ1) is 20.9. The van der Waals surface area contributed by atoms with Crippen molar-refractivity contribution >= 4 is 39.7 Å². The molecule has 1 N–H and O–H groups in total. The molecule has 0 unspecified atom stereocenters. The molecule has 9 heteroatoms. The molecule has 0 bridgehead atoms. The summed E-state index contributed by atoms with van der Waals surface area (Å²) in [5, 5.41) is 5.04. The highest BCUT2D eigenvalue weighted by Gasteiger charge is 2.23. The van der Waals surface area contributed by atoms with Crippen LogP contribution in [0.2, 0.25) is 0 Å². The van der Waals surface area contributed by atoms with E-state index in [0.29, 0.717) is 62.9 Å². The average Bonchev–Trinajstić information content (AvgIpc) is 3.44. The Kier molecular flexibility index (Phi) is 11.8. The van der Waals surface area contributed by atoms with Crippen LogP contribution in [0.5, 0.6) is 11.5 Å². The first-order valence-electron chi connectivity index (χ1n) is 14.6. The summed E-state index contributed by atoms with van der Waals surface area (Å²) in [6.45, 7) is 6.43. The van der Waals surface area contributed by atoms with E-state index in [4.69, 9.17) is 14.2 Å². The molecule has 4 aromatic rings. The van der Waals surface area contributed by atoms with Crippen LogP contribution < -0.4 is 14.8 Å². The fraction of sp³-hybridized carbons (Fsp3) is 0.353. The normalized spacial score (nSPS) is 10.9. The molecular formula is C34H41N3O5S. The van der Waals surface area contributed by atoms with Crippen molar-refractivity contribution in [1.29, 1.82) is 0 Å². The van der Waals surface area contributed by atoms with Crippen molar-refractivity contribution in [3.8, 4) is 11.5 Å². The van der Waals surface area contributed by atoms with Crippen LogP contribution in [0.25, 0.3) is 10.8 Å². The second-order valence-corrected chi connectivity index (χ2v) is 11.6. The summed E-state index contributed by atoms with van der Waals surface area (Å²) in [6.07, 6.45) is 1.25. The maximum Gasteiger partial charge on any atom is 0.322 e. The number of hydrogen-bond donors (Lipinski definition) is 1. The Hall–Kier alpha value is -4.08. The van der Waals surface area contributed by atoms with Crippen molar-refractivity contribution in [2.45, 2.75) is 33.2 Å². The summed E-state index contributed by atoms with van der Waals surface area (Å²) >= 11 is 1.67. The van der Waals surface area contributed by atoms with Crippen molar-refractivity contribution in [2.24, 2.45) is 0 Å². The van der Waals surface area contributed by atoms with Crippen molar-refractivity contribution in [1.82, 2.24) is 9.80 Å². The second-order valence-electron chi connectivity index (χ2n) is 10.2. The molecule has 0 saturated heterocycles. The van der Waals surface area contributed by atoms with E-state index in [1.54, 1.807) is 30.5 Å². The summed E-state index contributed by atoms with van der Waals surface area (Å²) in [5.41, 5.74) is 1.74. The second kappa shape index (κ2) is 16.0. The zero-order chi connectivity index (χ0) is 30.6. The summed E-state index contributed by atoms with van der Waals surface area (Å²) in [4.78, 5) is 33.2. The summed E-state index contributed by atoms with van der Waals surface area (Å²) in [7, 11) is 3.22. The Balaban J connectivity index is 1.52. The molecule has 0 atom stereocenters. The number of nitrogens with zero attached hydrogens (tertiary/aromatic N) is 2. The number of carbonyl (C=O) groups is 2. The molecule has 0 aliphatic heterocycles. The molecule has 0 spiro atoms. The van der Waals surface area contributed by atoms with Crippen LogP contribution in [0.3, 0.4) is 0 Å². The number of aryl methyl sites for hydroxylation is 1. The van der Waals surface area contributed by atoms with Crippen molar-refractivity contribution < 1.29 is 23.8 Å². The first-order valence-corrected chi connectivity index (χ1v) is 15.4. The van der Waals surface area contributed by atoms with E-state index in [9.17, 15) is 9.59 Å². The zero-order valence-electron chi connectivity index (χ0n) is 25.4. The standard InChI is InChI=1S/C34H41N3O5S/c1-5-42-21-9-19-37(34(39)35-30-13-8-11-27-10-6-7-12-29(27)30)24-33(38)36(23-28-16-14-25(2)43-28)20-18-26-15-17-31(40-3)32(22-26)41-4/h6-8,10-17,22H,5,9,18-21,23-24H2,1-4H3,(H,35,39). The predicted octanol–water partition coefficient (Wildman–Crippen LogP) is 6.76. The molecule has 3 aromatic carbocycles. The molecule has 43 heavy (non-hydrogen) atoms. The van der Waals surface area contributed by atoms with Crippen molar-refractivity contribution in [3.63, 3.8) is 0 Å². The number of carbonyl (C=O) groups excluding carboxylic acids is 2. The van der Waals surface area contributed by atoms with Gasteiger partial charge in [0.25, 0.3) is 0 Å². The maximum atomic E-state index is 13.9. The average molecular weight is 604 g/mol. The highest BCUT2D eigenvalue weighted by molar-refractivity contribution is 7.11. The van der Waals surface area contributed by atoms with E-state index >= 15 is 0 Å². The van der Waals surface area contributed by atoms with Crippen LogP contribution in [0, 0.1) is 6.92 Å². The smallest absolute Gasteiger partial charge is 0.322 e. The number of amides is 3. The van der Waals surface area contributed by atoms with E-state index in [1.807, 2.05) is 72.5 Å². The zero-order valence-corrected chi connectivity index (χ0v) is 26.2. The number of thiophene rings is 1. The Labute approximate surface area is 258 Å². The van der Waals surface area contributed by atoms with Crippen LogP contribution >= 0.6 is 11.3 Å². The van der Waals surface area contributed by atoms with Crippen LogP contribution in [-0.2, 0) is 22.5 Å². The summed E-state index contributed by atoms with van der Waals surface area (Å²) in [5.74, 6) is 1.20. The largest absolute Gasteiger partial charge is 0.493 e. The number of methoxy groups -OCH3 is 2. The van der Waals surface area contributed by atoms with Gasteiger partial charge >= 0.3 is 6.03 Å². The third-order valence-corrected chi connectivity index (χ3v) is 8.16. The van der Waals surface area contributed by atoms with Gasteiger partial charge in [0, 0.05) is 41.4 Å². The van der Waals surface area contributed by atoms with Gasteiger partial charge in [-0.2, -0.15) is 0 Å². The van der Waals surface area contributed by atoms with Gasteiger partial charge in [-0.25, -0.2) is 4.79 Å². The SMILES string of the molecule is CCOCCCN(CC(=O)N(CCc1ccc(OC)c(OC)c1)Cc1ccc(C)s1)C(=O)Nc1cccc2ccccc12. The molecule has 0 aliphatic rings. The monoisotopic (exact) mass is 603 g/mol. The summed E-state index contributed by atoms with van der Waals surface area (Å²) < 4.78 is 16.4. The van der Waals surface area contributed by atoms with Crippen LogP contribution in [0.15, 0.2) is 72.8 Å². The van der Waals surface area contributed by atoms with E-state index in [1.165, 1.54) is 4.88 Å². The molecule has 8 nitrogen and oxygen atoms in total. The lowest BCUT2D eigenvalue weighted by molar-refractivity contribution is -0.132. The van der Waals surface area contributed by atoms with Gasteiger partial charge in [-0.3, -0.25) is 4.79 Å². The van der Waals surface area contributed by atoms with Gasteiger partial charge in [0.2, 0.25) is 5.91 Å². The van der Waals surface area contributed by atoms with Gasteiger partial charge in [0.15, 0.2) is 11.5 Å². The number of urea groups is 1. The molecule has 1 heterocycles. The minimum Gasteiger partial charge on any atom is -0.493 e. The Bertz CT molecular complexity index is 1500. The molecule has 0 fully saturated rings. The quantitative estimate of drug-likeness (QED) is 0.152. The highest BCUT2D eigenvalue weighted by Crippen LogP contribution is 2.28. The third-order valence-electron chi connectivity index (χ3n) is 7.18. The predicted molar refractivity (Wildman–Crippen MR) is 173 cm³/mol. The number of anilines is 1. The third kappa shape index (κ3) is 8.95. The van der Waals surface area contributed by atoms with E-state index in [-0.39, 0.29) is 18.5 Å². The van der Waals surface area contributed by atoms with Crippen molar-refractivity contribution in [3.05, 3.63) is 88.1 Å². The summed E-state index contributed by atoms with van der Waals surface area (Å²) in [6, 6.07) is 23.3. The maximum absolute atomic E-state index is 13.9. The Morgan fingerprint density at radius 3 is 2.42 bits per heavy atom. The lowest BCUT2D eigenvalue weighted by atomic mass is 10.1. The van der Waals surface area contributed by atoms with Gasteiger partial charge in [-0.05, 0) is 68.0 Å². The minimum absolute atomic E-state index is 0.0426. The van der Waals surface area contributed by atoms with Crippen molar-refractivity contribution in [2.75, 3.05) is 52.4 Å². The number of nitrogens with one attached hydrogen (secondary N) is 1. The van der Waals surface area contributed by atoms with E-state index in [0.717, 1.165) is 21.2 Å². The van der Waals surface area contributed by atoms with Gasteiger partial charge in [0.1, 0.15) is 6.54 Å². The Morgan fingerprint density at radius 1 is 0.884 bits per heavy atom. The van der Waals surface area contributed by atoms with Crippen LogP contribution in [0.4, 0.5) is 10.5 Å². The lowest BCUT2D eigenvalue weighted by Crippen LogP contribution is -2.45. The van der Waals surface area contributed by atoms with E-state index < -0.39 is 0 Å². The van der Waals surface area contributed by atoms with Crippen LogP contribution in [-0.4, -0.2) is 68.8 Å². The number of fused-ring (bicyclic) bond motifs is 1. The number of benzene rings is 3. The number of ether oxygens (including phenoxy) is 3. The van der Waals surface area contributed by atoms with Gasteiger partial charge in [0.05, 0.1) is 26.5 Å². The highest BCUT2D eigenvalue weighted by atomic mass is 32.1. The Morgan fingerprint density at radius 2 is 1.67 bits per heavy atom. The van der Waals surface area contributed by atoms with Gasteiger partial charge in [-0.1, -0.05) is 42.5 Å². The molecule has 1 aromatic heterocycles. The molecular weight excluding hydrogens is 562 g/mol. The van der Waals surface area contributed by atoms with Gasteiger partial charge in [-0.15, -0.1) is 11.3 Å². The molecule has 3 amide bonds. The molecule has 4 rings (SSSR count). The van der Waals surface area contributed by atoms with Crippen LogP contribution in [0.1, 0.15) is 28.7 Å². The fourth-order valence-electron chi connectivity index (χ4n) is 4.90. The molecule has 0 aliphatic carbocycles. The first kappa shape index (κ1) is 31.8. The topological polar surface area (TPSA) is 80.3 Å². The fourth-order valence-corrected chi connectivity index (χ4v) is 5.80. The molecule has 228 valence electrons. The lowest BCUT2D eigenvalue weighted by Gasteiger charge is -2.28. The number of hydrogen-bond acceptors (Lipinski definition) is 6. The minimum atomic E-state index is -0.312. The number of rotatable bonds is 15. The molecule has 0 saturated carbocycles. The molecule has 0 radical (unpaired) electrons. The van der Waals surface area contributed by atoms with Gasteiger partial charge < -0.3 is 29.3 Å². The van der Waals surface area contributed by atoms with E-state index in [2.05, 4.69) is 24.4 Å².